The van der Waals surface area contributed by atoms with Crippen molar-refractivity contribution in [2.45, 2.75) is 58.0 Å². The van der Waals surface area contributed by atoms with Crippen molar-refractivity contribution in [2.75, 3.05) is 13.2 Å². The molecule has 0 radical (unpaired) electrons. The first-order valence-corrected chi connectivity index (χ1v) is 10.5. The van der Waals surface area contributed by atoms with Gasteiger partial charge in [0, 0.05) is 0 Å². The third-order valence-electron chi connectivity index (χ3n) is 3.78. The van der Waals surface area contributed by atoms with E-state index in [4.69, 9.17) is 13.7 Å². The molecular formula is C19H28O7S. The maximum Gasteiger partial charge on any atom is 0.337 e. The van der Waals surface area contributed by atoms with Crippen LogP contribution in [0.2, 0.25) is 0 Å². The van der Waals surface area contributed by atoms with Gasteiger partial charge in [-0.1, -0.05) is 38.5 Å². The van der Waals surface area contributed by atoms with Crippen molar-refractivity contribution in [3.8, 4) is 0 Å². The predicted molar refractivity (Wildman–Crippen MR) is 99.5 cm³/mol. The van der Waals surface area contributed by atoms with Crippen LogP contribution in [0.15, 0.2) is 29.2 Å². The Labute approximate surface area is 161 Å². The van der Waals surface area contributed by atoms with Crippen LogP contribution in [0.1, 0.15) is 45.6 Å². The van der Waals surface area contributed by atoms with Gasteiger partial charge in [-0.05, 0) is 38.3 Å². The lowest BCUT2D eigenvalue weighted by Crippen LogP contribution is -2.40. The number of esters is 2. The lowest BCUT2D eigenvalue weighted by molar-refractivity contribution is -0.164. The number of ether oxygens (including phenoxy) is 2. The zero-order valence-electron chi connectivity index (χ0n) is 16.3. The van der Waals surface area contributed by atoms with E-state index in [9.17, 15) is 18.0 Å². The van der Waals surface area contributed by atoms with Gasteiger partial charge >= 0.3 is 11.9 Å². The number of hydrogen-bond acceptors (Lipinski definition) is 7. The van der Waals surface area contributed by atoms with Gasteiger partial charge < -0.3 is 9.47 Å². The van der Waals surface area contributed by atoms with Crippen molar-refractivity contribution in [3.63, 3.8) is 0 Å². The summed E-state index contributed by atoms with van der Waals surface area (Å²) in [4.78, 5) is 24.6. The van der Waals surface area contributed by atoms with Crippen LogP contribution in [-0.2, 0) is 33.4 Å². The molecule has 8 heteroatoms. The lowest BCUT2D eigenvalue weighted by Gasteiger charge is -2.23. The Balaban J connectivity index is 3.14. The second kappa shape index (κ2) is 11.0. The minimum atomic E-state index is -4.26. The van der Waals surface area contributed by atoms with E-state index in [1.807, 2.05) is 13.8 Å². The molecule has 0 amide bonds. The second-order valence-corrected chi connectivity index (χ2v) is 7.71. The zero-order chi connectivity index (χ0) is 20.4. The Morgan fingerprint density at radius 2 is 1.44 bits per heavy atom. The predicted octanol–water partition coefficient (Wildman–Crippen LogP) is 3.00. The average molecular weight is 400 g/mol. The van der Waals surface area contributed by atoms with Crippen molar-refractivity contribution in [1.29, 1.82) is 0 Å². The summed E-state index contributed by atoms with van der Waals surface area (Å²) in [5, 5.41) is 0. The molecule has 0 spiro atoms. The van der Waals surface area contributed by atoms with Crippen LogP contribution in [0, 0.1) is 12.8 Å². The molecule has 1 rings (SSSR count). The van der Waals surface area contributed by atoms with Crippen LogP contribution >= 0.6 is 0 Å². The van der Waals surface area contributed by atoms with E-state index in [2.05, 4.69) is 0 Å². The highest BCUT2D eigenvalue weighted by Crippen LogP contribution is 2.23. The number of hydrogen-bond donors (Lipinski definition) is 0. The zero-order valence-corrected chi connectivity index (χ0v) is 17.1. The lowest BCUT2D eigenvalue weighted by atomic mass is 10.00. The molecule has 0 unspecified atom stereocenters. The van der Waals surface area contributed by atoms with Gasteiger partial charge in [0.25, 0.3) is 10.1 Å². The molecule has 0 fully saturated rings. The van der Waals surface area contributed by atoms with Crippen molar-refractivity contribution in [3.05, 3.63) is 29.8 Å². The van der Waals surface area contributed by atoms with Gasteiger partial charge in [-0.15, -0.1) is 0 Å². The Kier molecular flexibility index (Phi) is 9.45. The molecule has 0 N–H and O–H groups in total. The average Bonchev–Trinajstić information content (AvgIpc) is 2.64. The fraction of sp³-hybridized carbons (Fsp3) is 0.579. The molecule has 7 nitrogen and oxygen atoms in total. The van der Waals surface area contributed by atoms with E-state index >= 15 is 0 Å². The quantitative estimate of drug-likeness (QED) is 0.416. The Morgan fingerprint density at radius 1 is 0.926 bits per heavy atom. The third-order valence-corrected chi connectivity index (χ3v) is 5.09. The van der Waals surface area contributed by atoms with Crippen molar-refractivity contribution in [2.24, 2.45) is 5.92 Å². The summed E-state index contributed by atoms with van der Waals surface area (Å²) < 4.78 is 40.5. The van der Waals surface area contributed by atoms with Gasteiger partial charge in [-0.25, -0.2) is 4.79 Å². The van der Waals surface area contributed by atoms with E-state index in [1.54, 1.807) is 26.0 Å². The first-order valence-electron chi connectivity index (χ1n) is 9.10. The van der Waals surface area contributed by atoms with Crippen LogP contribution < -0.4 is 0 Å². The summed E-state index contributed by atoms with van der Waals surface area (Å²) in [6, 6.07) is 6.01. The molecule has 27 heavy (non-hydrogen) atoms. The molecule has 1 aromatic rings. The van der Waals surface area contributed by atoms with E-state index in [0.29, 0.717) is 12.8 Å². The largest absolute Gasteiger partial charge is 0.465 e. The standard InChI is InChI=1S/C19H28O7S/c1-5-12-24-18(20)16(7-3)17(19(21)25-13-6-2)26-27(22,23)15-10-8-14(4)9-11-15/h8-11,16-17H,5-7,12-13H2,1-4H3/t16-,17+/m0/s1. The van der Waals surface area contributed by atoms with Crippen LogP contribution in [0.4, 0.5) is 0 Å². The fourth-order valence-electron chi connectivity index (χ4n) is 2.27. The molecule has 0 heterocycles. The molecule has 0 aromatic heterocycles. The van der Waals surface area contributed by atoms with Crippen molar-refractivity contribution >= 4 is 22.1 Å². The molecule has 1 aromatic carbocycles. The van der Waals surface area contributed by atoms with Crippen LogP contribution in [0.25, 0.3) is 0 Å². The number of carbonyl (C=O) groups excluding carboxylic acids is 2. The monoisotopic (exact) mass is 400 g/mol. The molecule has 0 saturated carbocycles. The fourth-order valence-corrected chi connectivity index (χ4v) is 3.33. The molecule has 0 aliphatic carbocycles. The van der Waals surface area contributed by atoms with Gasteiger partial charge in [0.15, 0.2) is 6.10 Å². The van der Waals surface area contributed by atoms with Gasteiger partial charge in [-0.2, -0.15) is 8.42 Å². The van der Waals surface area contributed by atoms with Gasteiger partial charge in [0.05, 0.1) is 24.0 Å². The number of benzene rings is 1. The first-order chi connectivity index (χ1) is 12.8. The number of aryl methyl sites for hydroxylation is 1. The molecule has 2 atom stereocenters. The highest BCUT2D eigenvalue weighted by Gasteiger charge is 2.39. The van der Waals surface area contributed by atoms with Gasteiger partial charge in [0.1, 0.15) is 0 Å². The van der Waals surface area contributed by atoms with E-state index in [-0.39, 0.29) is 24.5 Å². The topological polar surface area (TPSA) is 96.0 Å². The molecule has 152 valence electrons. The van der Waals surface area contributed by atoms with Crippen LogP contribution in [0.3, 0.4) is 0 Å². The molecule has 0 bridgehead atoms. The molecule has 0 saturated heterocycles. The summed E-state index contributed by atoms with van der Waals surface area (Å²) in [5.41, 5.74) is 0.877. The maximum atomic E-state index is 12.6. The third kappa shape index (κ3) is 6.95. The first kappa shape index (κ1) is 23.1. The normalized spacial score (nSPS) is 13.6. The van der Waals surface area contributed by atoms with Gasteiger partial charge in [-0.3, -0.25) is 8.98 Å². The minimum absolute atomic E-state index is 0.0989. The maximum absolute atomic E-state index is 12.6. The summed E-state index contributed by atoms with van der Waals surface area (Å²) in [7, 11) is -4.26. The van der Waals surface area contributed by atoms with E-state index in [1.165, 1.54) is 12.1 Å². The summed E-state index contributed by atoms with van der Waals surface area (Å²) in [5.74, 6) is -2.66. The van der Waals surface area contributed by atoms with Crippen LogP contribution in [0.5, 0.6) is 0 Å². The Morgan fingerprint density at radius 3 is 1.93 bits per heavy atom. The summed E-state index contributed by atoms with van der Waals surface area (Å²) >= 11 is 0. The SMILES string of the molecule is CCCOC(=O)[C@@H](CC)[C@@H](OS(=O)(=O)c1ccc(C)cc1)C(=O)OCCC. The van der Waals surface area contributed by atoms with Crippen molar-refractivity contribution < 1.29 is 31.7 Å². The highest BCUT2D eigenvalue weighted by molar-refractivity contribution is 7.86. The van der Waals surface area contributed by atoms with E-state index in [0.717, 1.165) is 5.56 Å². The minimum Gasteiger partial charge on any atom is -0.465 e. The summed E-state index contributed by atoms with van der Waals surface area (Å²) in [6.07, 6.45) is -0.273. The molecular weight excluding hydrogens is 372 g/mol. The Bertz CT molecular complexity index is 710. The number of carbonyl (C=O) groups is 2. The second-order valence-electron chi connectivity index (χ2n) is 6.13. The number of rotatable bonds is 11. The summed E-state index contributed by atoms with van der Waals surface area (Å²) in [6.45, 7) is 7.39. The Hall–Kier alpha value is -1.93. The van der Waals surface area contributed by atoms with E-state index < -0.39 is 34.1 Å². The van der Waals surface area contributed by atoms with Crippen LogP contribution in [-0.4, -0.2) is 39.7 Å². The van der Waals surface area contributed by atoms with Gasteiger partial charge in [0.2, 0.25) is 0 Å². The molecule has 0 aliphatic heterocycles. The molecule has 0 aliphatic rings. The highest BCUT2D eigenvalue weighted by atomic mass is 32.2. The van der Waals surface area contributed by atoms with Crippen molar-refractivity contribution in [1.82, 2.24) is 0 Å². The smallest absolute Gasteiger partial charge is 0.337 e.